The Bertz CT molecular complexity index is 1090. The Balaban J connectivity index is 1.35. The Labute approximate surface area is 177 Å². The highest BCUT2D eigenvalue weighted by atomic mass is 32.2. The van der Waals surface area contributed by atoms with Gasteiger partial charge in [0.25, 0.3) is 5.91 Å². The van der Waals surface area contributed by atoms with Crippen molar-refractivity contribution in [3.63, 3.8) is 0 Å². The van der Waals surface area contributed by atoms with Crippen molar-refractivity contribution in [1.29, 1.82) is 0 Å². The van der Waals surface area contributed by atoms with Crippen LogP contribution in [-0.2, 0) is 5.75 Å². The number of thioether (sulfide) groups is 1. The molecule has 144 valence electrons. The second-order valence-electron chi connectivity index (χ2n) is 6.29. The van der Waals surface area contributed by atoms with Gasteiger partial charge in [-0.2, -0.15) is 0 Å². The first-order valence-electron chi connectivity index (χ1n) is 9.00. The molecule has 4 aromatic rings. The molecule has 0 spiro atoms. The van der Waals surface area contributed by atoms with E-state index in [1.165, 1.54) is 0 Å². The third-order valence-electron chi connectivity index (χ3n) is 4.11. The van der Waals surface area contributed by atoms with Crippen LogP contribution in [0.25, 0.3) is 11.4 Å². The lowest BCUT2D eigenvalue weighted by molar-refractivity contribution is 0.102. The van der Waals surface area contributed by atoms with Crippen LogP contribution < -0.4 is 5.32 Å². The van der Waals surface area contributed by atoms with Gasteiger partial charge in [0.2, 0.25) is 0 Å². The maximum Gasteiger partial charge on any atom is 0.255 e. The highest BCUT2D eigenvalue weighted by molar-refractivity contribution is 7.98. The van der Waals surface area contributed by atoms with Crippen LogP contribution in [0.5, 0.6) is 0 Å². The molecule has 4 rings (SSSR count). The van der Waals surface area contributed by atoms with Crippen molar-refractivity contribution in [3.8, 4) is 11.4 Å². The number of rotatable bonds is 6. The van der Waals surface area contributed by atoms with Crippen LogP contribution in [0.1, 0.15) is 21.1 Å². The van der Waals surface area contributed by atoms with Gasteiger partial charge in [-0.1, -0.05) is 30.3 Å². The number of nitrogens with one attached hydrogen (secondary N) is 1. The van der Waals surface area contributed by atoms with E-state index in [-0.39, 0.29) is 5.91 Å². The lowest BCUT2D eigenvalue weighted by Crippen LogP contribution is -2.12. The fourth-order valence-corrected chi connectivity index (χ4v) is 4.18. The van der Waals surface area contributed by atoms with E-state index in [9.17, 15) is 4.79 Å². The second-order valence-corrected chi connectivity index (χ2v) is 8.40. The number of anilines is 1. The number of thiazole rings is 1. The van der Waals surface area contributed by atoms with Crippen LogP contribution in [0.15, 0.2) is 77.3 Å². The van der Waals surface area contributed by atoms with Gasteiger partial charge in [-0.05, 0) is 31.2 Å². The van der Waals surface area contributed by atoms with Gasteiger partial charge in [-0.3, -0.25) is 4.79 Å². The first-order chi connectivity index (χ1) is 14.2. The van der Waals surface area contributed by atoms with Crippen molar-refractivity contribution in [2.24, 2.45) is 0 Å². The largest absolute Gasteiger partial charge is 0.319 e. The Morgan fingerprint density at radius 3 is 2.41 bits per heavy atom. The highest BCUT2D eigenvalue weighted by Crippen LogP contribution is 2.24. The number of amides is 1. The average Bonchev–Trinajstić information content (AvgIpc) is 3.19. The zero-order valence-corrected chi connectivity index (χ0v) is 17.3. The molecule has 0 saturated heterocycles. The summed E-state index contributed by atoms with van der Waals surface area (Å²) in [7, 11) is 0. The van der Waals surface area contributed by atoms with Crippen LogP contribution >= 0.6 is 23.1 Å². The summed E-state index contributed by atoms with van der Waals surface area (Å²) in [6.45, 7) is 2.01. The summed E-state index contributed by atoms with van der Waals surface area (Å²) in [6, 6.07) is 17.3. The van der Waals surface area contributed by atoms with E-state index < -0.39 is 0 Å². The summed E-state index contributed by atoms with van der Waals surface area (Å²) in [5, 5.41) is 5.99. The molecule has 2 aromatic carbocycles. The third-order valence-corrected chi connectivity index (χ3v) is 5.98. The fourth-order valence-electron chi connectivity index (χ4n) is 2.67. The summed E-state index contributed by atoms with van der Waals surface area (Å²) in [6.07, 6.45) is 3.24. The molecule has 7 heteroatoms. The van der Waals surface area contributed by atoms with E-state index in [2.05, 4.69) is 25.6 Å². The van der Waals surface area contributed by atoms with Gasteiger partial charge in [-0.25, -0.2) is 15.0 Å². The number of aryl methyl sites for hydroxylation is 1. The molecule has 5 nitrogen and oxygen atoms in total. The van der Waals surface area contributed by atoms with Crippen molar-refractivity contribution in [3.05, 3.63) is 88.6 Å². The summed E-state index contributed by atoms with van der Waals surface area (Å²) in [5.74, 6) is 1.26. The number of nitrogens with zero attached hydrogens (tertiary/aromatic N) is 3. The Morgan fingerprint density at radius 2 is 1.76 bits per heavy atom. The Hall–Kier alpha value is -3.03. The van der Waals surface area contributed by atoms with Crippen LogP contribution in [-0.4, -0.2) is 20.9 Å². The van der Waals surface area contributed by atoms with Crippen LogP contribution in [0.3, 0.4) is 0 Å². The van der Waals surface area contributed by atoms with Crippen molar-refractivity contribution < 1.29 is 4.79 Å². The first kappa shape index (κ1) is 19.3. The summed E-state index contributed by atoms with van der Waals surface area (Å²) in [5.41, 5.74) is 3.17. The van der Waals surface area contributed by atoms with Gasteiger partial charge in [0, 0.05) is 27.2 Å². The minimum Gasteiger partial charge on any atom is -0.319 e. The van der Waals surface area contributed by atoms with Gasteiger partial charge in [0.1, 0.15) is 0 Å². The molecule has 1 N–H and O–H groups in total. The molecule has 1 amide bonds. The van der Waals surface area contributed by atoms with Crippen molar-refractivity contribution in [2.45, 2.75) is 17.6 Å². The molecule has 0 aliphatic heterocycles. The first-order valence-corrected chi connectivity index (χ1v) is 10.9. The SMILES string of the molecule is Cc1nc(CSc2ccc(C(=O)Nc3cnc(-c4ccccc4)nc3)cc2)cs1. The van der Waals surface area contributed by atoms with Gasteiger partial charge in [0.15, 0.2) is 5.82 Å². The van der Waals surface area contributed by atoms with Crippen molar-refractivity contribution in [1.82, 2.24) is 15.0 Å². The van der Waals surface area contributed by atoms with Crippen LogP contribution in [0, 0.1) is 6.92 Å². The number of hydrogen-bond acceptors (Lipinski definition) is 6. The van der Waals surface area contributed by atoms with Crippen LogP contribution in [0.4, 0.5) is 5.69 Å². The molecule has 0 aliphatic rings. The van der Waals surface area contributed by atoms with E-state index in [0.29, 0.717) is 17.1 Å². The van der Waals surface area contributed by atoms with Crippen molar-refractivity contribution in [2.75, 3.05) is 5.32 Å². The lowest BCUT2D eigenvalue weighted by Gasteiger charge is -2.06. The molecule has 0 atom stereocenters. The number of carbonyl (C=O) groups is 1. The van der Waals surface area contributed by atoms with E-state index in [4.69, 9.17) is 0 Å². The number of carbonyl (C=O) groups excluding carboxylic acids is 1. The fraction of sp³-hybridized carbons (Fsp3) is 0.0909. The van der Waals surface area contributed by atoms with Gasteiger partial charge in [0.05, 0.1) is 28.8 Å². The quantitative estimate of drug-likeness (QED) is 0.422. The molecule has 0 radical (unpaired) electrons. The number of hydrogen-bond donors (Lipinski definition) is 1. The maximum absolute atomic E-state index is 12.5. The molecule has 0 fully saturated rings. The summed E-state index contributed by atoms with van der Waals surface area (Å²) in [4.78, 5) is 26.7. The standard InChI is InChI=1S/C22H18N4OS2/c1-15-25-19(13-28-15)14-29-20-9-7-17(8-10-20)22(27)26-18-11-23-21(24-12-18)16-5-3-2-4-6-16/h2-13H,14H2,1H3,(H,26,27). The zero-order chi connectivity index (χ0) is 20.1. The molecule has 0 aliphatic carbocycles. The van der Waals surface area contributed by atoms with Crippen molar-refractivity contribution >= 4 is 34.7 Å². The van der Waals surface area contributed by atoms with Gasteiger partial charge < -0.3 is 5.32 Å². The molecule has 2 aromatic heterocycles. The maximum atomic E-state index is 12.5. The minimum absolute atomic E-state index is 0.187. The molecular formula is C22H18N4OS2. The second kappa shape index (κ2) is 8.98. The zero-order valence-electron chi connectivity index (χ0n) is 15.7. The predicted molar refractivity (Wildman–Crippen MR) is 118 cm³/mol. The molecule has 29 heavy (non-hydrogen) atoms. The normalized spacial score (nSPS) is 10.7. The smallest absolute Gasteiger partial charge is 0.255 e. The Morgan fingerprint density at radius 1 is 1.03 bits per heavy atom. The third kappa shape index (κ3) is 5.07. The highest BCUT2D eigenvalue weighted by Gasteiger charge is 2.08. The van der Waals surface area contributed by atoms with Gasteiger partial charge >= 0.3 is 0 Å². The van der Waals surface area contributed by atoms with E-state index in [1.807, 2.05) is 61.5 Å². The molecule has 0 bridgehead atoms. The van der Waals surface area contributed by atoms with Crippen LogP contribution in [0.2, 0.25) is 0 Å². The summed E-state index contributed by atoms with van der Waals surface area (Å²) >= 11 is 3.36. The Kier molecular flexibility index (Phi) is 5.97. The summed E-state index contributed by atoms with van der Waals surface area (Å²) < 4.78 is 0. The lowest BCUT2D eigenvalue weighted by atomic mass is 10.2. The number of aromatic nitrogens is 3. The predicted octanol–water partition coefficient (Wildman–Crippen LogP) is 5.45. The molecule has 2 heterocycles. The molecule has 0 unspecified atom stereocenters. The minimum atomic E-state index is -0.187. The topological polar surface area (TPSA) is 67.8 Å². The van der Waals surface area contributed by atoms with E-state index in [1.54, 1.807) is 35.5 Å². The average molecular weight is 419 g/mol. The number of benzene rings is 2. The van der Waals surface area contributed by atoms with E-state index in [0.717, 1.165) is 26.9 Å². The monoisotopic (exact) mass is 418 g/mol. The molecule has 0 saturated carbocycles. The van der Waals surface area contributed by atoms with Gasteiger partial charge in [-0.15, -0.1) is 23.1 Å². The molecular weight excluding hydrogens is 400 g/mol. The van der Waals surface area contributed by atoms with E-state index >= 15 is 0 Å².